The highest BCUT2D eigenvalue weighted by Gasteiger charge is 2.22. The zero-order valence-electron chi connectivity index (χ0n) is 12.1. The van der Waals surface area contributed by atoms with Gasteiger partial charge < -0.3 is 10.1 Å². The van der Waals surface area contributed by atoms with Crippen LogP contribution in [0.2, 0.25) is 0 Å². The van der Waals surface area contributed by atoms with Crippen molar-refractivity contribution in [2.24, 2.45) is 5.92 Å². The van der Waals surface area contributed by atoms with Gasteiger partial charge in [-0.25, -0.2) is 4.39 Å². The summed E-state index contributed by atoms with van der Waals surface area (Å²) in [6, 6.07) is 4.91. The van der Waals surface area contributed by atoms with Gasteiger partial charge in [0.2, 0.25) is 5.91 Å². The number of methoxy groups -OCH3 is 1. The average Bonchev–Trinajstić information content (AvgIpc) is 2.41. The Bertz CT molecular complexity index is 476. The first-order valence-electron chi connectivity index (χ1n) is 7.22. The number of rotatable bonds is 4. The number of ether oxygens (including phenoxy) is 1. The van der Waals surface area contributed by atoms with E-state index in [-0.39, 0.29) is 24.1 Å². The second-order valence-corrected chi connectivity index (χ2v) is 5.58. The van der Waals surface area contributed by atoms with E-state index in [4.69, 9.17) is 4.74 Å². The molecule has 1 aliphatic carbocycles. The van der Waals surface area contributed by atoms with E-state index in [9.17, 15) is 9.18 Å². The molecule has 0 unspecified atom stereocenters. The summed E-state index contributed by atoms with van der Waals surface area (Å²) in [6.07, 6.45) is 4.85. The number of amides is 1. The fourth-order valence-corrected chi connectivity index (χ4v) is 2.79. The molecule has 0 radical (unpaired) electrons. The quantitative estimate of drug-likeness (QED) is 0.920. The molecule has 0 spiro atoms. The van der Waals surface area contributed by atoms with Crippen LogP contribution in [0.3, 0.4) is 0 Å². The first kappa shape index (κ1) is 14.8. The van der Waals surface area contributed by atoms with Crippen molar-refractivity contribution in [2.75, 3.05) is 7.11 Å². The molecule has 1 aromatic rings. The maximum absolute atomic E-state index is 13.6. The number of hydrogen-bond acceptors (Lipinski definition) is 2. The van der Waals surface area contributed by atoms with Crippen LogP contribution in [0, 0.1) is 11.7 Å². The van der Waals surface area contributed by atoms with Crippen molar-refractivity contribution in [3.63, 3.8) is 0 Å². The average molecular weight is 279 g/mol. The van der Waals surface area contributed by atoms with Crippen LogP contribution in [0.5, 0.6) is 5.75 Å². The van der Waals surface area contributed by atoms with Gasteiger partial charge in [0.05, 0.1) is 13.5 Å². The van der Waals surface area contributed by atoms with Crippen molar-refractivity contribution in [3.8, 4) is 5.75 Å². The van der Waals surface area contributed by atoms with E-state index in [2.05, 4.69) is 12.2 Å². The minimum Gasteiger partial charge on any atom is -0.494 e. The molecule has 1 saturated carbocycles. The van der Waals surface area contributed by atoms with Crippen molar-refractivity contribution in [2.45, 2.75) is 45.1 Å². The van der Waals surface area contributed by atoms with Crippen LogP contribution < -0.4 is 10.1 Å². The molecule has 0 heterocycles. The fraction of sp³-hybridized carbons (Fsp3) is 0.562. The van der Waals surface area contributed by atoms with E-state index < -0.39 is 5.82 Å². The Balaban J connectivity index is 1.92. The number of nitrogens with one attached hydrogen (secondary N) is 1. The Morgan fingerprint density at radius 3 is 2.80 bits per heavy atom. The molecular weight excluding hydrogens is 257 g/mol. The summed E-state index contributed by atoms with van der Waals surface area (Å²) in [6.45, 7) is 2.18. The third-order valence-corrected chi connectivity index (χ3v) is 4.04. The molecule has 0 aromatic heterocycles. The van der Waals surface area contributed by atoms with Gasteiger partial charge >= 0.3 is 0 Å². The Labute approximate surface area is 119 Å². The molecule has 110 valence electrons. The van der Waals surface area contributed by atoms with Crippen molar-refractivity contribution in [1.29, 1.82) is 0 Å². The molecule has 1 N–H and O–H groups in total. The van der Waals surface area contributed by atoms with E-state index in [1.807, 2.05) is 0 Å². The van der Waals surface area contributed by atoms with Gasteiger partial charge in [0.25, 0.3) is 0 Å². The van der Waals surface area contributed by atoms with Crippen molar-refractivity contribution >= 4 is 5.91 Å². The number of carbonyl (C=O) groups excluding carboxylic acids is 1. The summed E-state index contributed by atoms with van der Waals surface area (Å²) in [5, 5.41) is 3.07. The Kier molecular flexibility index (Phi) is 4.99. The van der Waals surface area contributed by atoms with Gasteiger partial charge in [0, 0.05) is 6.04 Å². The zero-order valence-corrected chi connectivity index (χ0v) is 12.1. The molecule has 1 amide bonds. The van der Waals surface area contributed by atoms with Gasteiger partial charge in [-0.1, -0.05) is 25.8 Å². The molecule has 4 heteroatoms. The summed E-state index contributed by atoms with van der Waals surface area (Å²) >= 11 is 0. The summed E-state index contributed by atoms with van der Waals surface area (Å²) < 4.78 is 18.4. The van der Waals surface area contributed by atoms with E-state index in [0.717, 1.165) is 6.42 Å². The molecule has 1 aliphatic rings. The summed E-state index contributed by atoms with van der Waals surface area (Å²) in [7, 11) is 1.43. The summed E-state index contributed by atoms with van der Waals surface area (Å²) in [5.74, 6) is 0.271. The van der Waals surface area contributed by atoms with E-state index in [0.29, 0.717) is 11.5 Å². The van der Waals surface area contributed by atoms with Crippen molar-refractivity contribution in [1.82, 2.24) is 5.32 Å². The van der Waals surface area contributed by atoms with E-state index in [1.54, 1.807) is 12.1 Å². The predicted octanol–water partition coefficient (Wildman–Crippen LogP) is 3.07. The maximum atomic E-state index is 13.6. The standard InChI is InChI=1S/C16H22FNO2/c1-11-5-3-4-6-14(11)18-16(19)10-12-7-8-15(20-2)13(17)9-12/h7-9,11,14H,3-6,10H2,1-2H3,(H,18,19)/t11-,14+/m1/s1. The van der Waals surface area contributed by atoms with Gasteiger partial charge in [0.15, 0.2) is 11.6 Å². The Hall–Kier alpha value is -1.58. The van der Waals surface area contributed by atoms with Gasteiger partial charge in [-0.3, -0.25) is 4.79 Å². The van der Waals surface area contributed by atoms with Gasteiger partial charge in [-0.15, -0.1) is 0 Å². The van der Waals surface area contributed by atoms with Crippen LogP contribution in [0.1, 0.15) is 38.2 Å². The molecule has 0 bridgehead atoms. The largest absolute Gasteiger partial charge is 0.494 e. The molecule has 1 aromatic carbocycles. The number of hydrogen-bond donors (Lipinski definition) is 1. The lowest BCUT2D eigenvalue weighted by molar-refractivity contribution is -0.121. The highest BCUT2D eigenvalue weighted by molar-refractivity contribution is 5.78. The third kappa shape index (κ3) is 3.71. The Morgan fingerprint density at radius 2 is 2.15 bits per heavy atom. The smallest absolute Gasteiger partial charge is 0.224 e. The lowest BCUT2D eigenvalue weighted by atomic mass is 9.86. The second-order valence-electron chi connectivity index (χ2n) is 5.58. The lowest BCUT2D eigenvalue weighted by Gasteiger charge is -2.29. The summed E-state index contributed by atoms with van der Waals surface area (Å²) in [5.41, 5.74) is 0.671. The highest BCUT2D eigenvalue weighted by atomic mass is 19.1. The maximum Gasteiger partial charge on any atom is 0.224 e. The van der Waals surface area contributed by atoms with E-state index >= 15 is 0 Å². The van der Waals surface area contributed by atoms with Crippen LogP contribution in [-0.2, 0) is 11.2 Å². The van der Waals surface area contributed by atoms with Crippen LogP contribution in [0.4, 0.5) is 4.39 Å². The molecule has 2 rings (SSSR count). The van der Waals surface area contributed by atoms with Crippen LogP contribution in [-0.4, -0.2) is 19.1 Å². The van der Waals surface area contributed by atoms with Crippen LogP contribution >= 0.6 is 0 Å². The molecule has 2 atom stereocenters. The number of carbonyl (C=O) groups is 1. The first-order valence-corrected chi connectivity index (χ1v) is 7.22. The fourth-order valence-electron chi connectivity index (χ4n) is 2.79. The van der Waals surface area contributed by atoms with Crippen LogP contribution in [0.25, 0.3) is 0 Å². The summed E-state index contributed by atoms with van der Waals surface area (Å²) in [4.78, 5) is 12.0. The molecule has 3 nitrogen and oxygen atoms in total. The molecule has 0 aliphatic heterocycles. The normalized spacial score (nSPS) is 22.4. The van der Waals surface area contributed by atoms with Gasteiger partial charge in [0.1, 0.15) is 0 Å². The topological polar surface area (TPSA) is 38.3 Å². The van der Waals surface area contributed by atoms with Gasteiger partial charge in [-0.2, -0.15) is 0 Å². The third-order valence-electron chi connectivity index (χ3n) is 4.04. The monoisotopic (exact) mass is 279 g/mol. The second kappa shape index (κ2) is 6.73. The highest BCUT2D eigenvalue weighted by Crippen LogP contribution is 2.24. The van der Waals surface area contributed by atoms with Gasteiger partial charge in [-0.05, 0) is 36.5 Å². The molecule has 20 heavy (non-hydrogen) atoms. The lowest BCUT2D eigenvalue weighted by Crippen LogP contribution is -2.41. The van der Waals surface area contributed by atoms with E-state index in [1.165, 1.54) is 32.4 Å². The van der Waals surface area contributed by atoms with Crippen molar-refractivity contribution < 1.29 is 13.9 Å². The number of halogens is 1. The predicted molar refractivity (Wildman–Crippen MR) is 76.2 cm³/mol. The first-order chi connectivity index (χ1) is 9.60. The molecular formula is C16H22FNO2. The molecule has 1 fully saturated rings. The SMILES string of the molecule is COc1ccc(CC(=O)N[C@H]2CCCC[C@H]2C)cc1F. The van der Waals surface area contributed by atoms with Crippen LogP contribution in [0.15, 0.2) is 18.2 Å². The minimum atomic E-state index is -0.427. The Morgan fingerprint density at radius 1 is 1.40 bits per heavy atom. The molecule has 0 saturated heterocycles. The minimum absolute atomic E-state index is 0.0340. The zero-order chi connectivity index (χ0) is 14.5. The van der Waals surface area contributed by atoms with Crippen molar-refractivity contribution in [3.05, 3.63) is 29.6 Å². The number of benzene rings is 1.